The highest BCUT2D eigenvalue weighted by Gasteiger charge is 2.32. The smallest absolute Gasteiger partial charge is 0.225 e. The minimum absolute atomic E-state index is 0.101. The fourth-order valence-corrected chi connectivity index (χ4v) is 4.85. The monoisotopic (exact) mass is 394 g/mol. The molecule has 0 saturated carbocycles. The van der Waals surface area contributed by atoms with Gasteiger partial charge in [-0.05, 0) is 61.1 Å². The number of nitrogens with zero attached hydrogens (tertiary/aromatic N) is 2. The number of benzene rings is 1. The second-order valence-electron chi connectivity index (χ2n) is 8.57. The van der Waals surface area contributed by atoms with Gasteiger partial charge in [0.2, 0.25) is 5.91 Å². The molecule has 0 N–H and O–H groups in total. The molecule has 2 fully saturated rings. The molecule has 1 aliphatic carbocycles. The van der Waals surface area contributed by atoms with Crippen molar-refractivity contribution in [1.82, 2.24) is 9.80 Å². The van der Waals surface area contributed by atoms with Crippen molar-refractivity contribution in [3.05, 3.63) is 53.3 Å². The molecule has 0 aromatic heterocycles. The molecule has 0 spiro atoms. The van der Waals surface area contributed by atoms with Crippen molar-refractivity contribution in [1.29, 1.82) is 0 Å². The van der Waals surface area contributed by atoms with Gasteiger partial charge >= 0.3 is 0 Å². The summed E-state index contributed by atoms with van der Waals surface area (Å²) in [6, 6.07) is 6.58. The van der Waals surface area contributed by atoms with E-state index in [1.807, 2.05) is 4.90 Å². The molecule has 5 rings (SSSR count). The van der Waals surface area contributed by atoms with E-state index in [4.69, 9.17) is 9.47 Å². The van der Waals surface area contributed by atoms with Gasteiger partial charge in [0.1, 0.15) is 11.9 Å². The maximum absolute atomic E-state index is 12.7. The Morgan fingerprint density at radius 1 is 1.03 bits per heavy atom. The van der Waals surface area contributed by atoms with E-state index >= 15 is 0 Å². The number of rotatable bonds is 4. The third-order valence-electron chi connectivity index (χ3n) is 6.71. The van der Waals surface area contributed by atoms with Crippen molar-refractivity contribution >= 4 is 5.91 Å². The van der Waals surface area contributed by atoms with E-state index in [-0.39, 0.29) is 12.0 Å². The third kappa shape index (κ3) is 4.06. The van der Waals surface area contributed by atoms with E-state index in [0.29, 0.717) is 25.7 Å². The number of amides is 1. The summed E-state index contributed by atoms with van der Waals surface area (Å²) < 4.78 is 11.7. The number of likely N-dealkylation sites (tertiary alicyclic amines) is 1. The van der Waals surface area contributed by atoms with Crippen molar-refractivity contribution in [2.24, 2.45) is 5.92 Å². The van der Waals surface area contributed by atoms with Gasteiger partial charge in [-0.25, -0.2) is 0 Å². The summed E-state index contributed by atoms with van der Waals surface area (Å²) in [7, 11) is 0. The predicted octanol–water partition coefficient (Wildman–Crippen LogP) is 2.95. The van der Waals surface area contributed by atoms with E-state index in [9.17, 15) is 4.79 Å². The quantitative estimate of drug-likeness (QED) is 0.788. The number of fused-ring (bicyclic) bond motifs is 1. The van der Waals surface area contributed by atoms with Gasteiger partial charge in [0, 0.05) is 50.9 Å². The maximum atomic E-state index is 12.7. The van der Waals surface area contributed by atoms with E-state index in [1.165, 1.54) is 16.8 Å². The van der Waals surface area contributed by atoms with Crippen LogP contribution in [0.4, 0.5) is 0 Å². The molecule has 5 heteroatoms. The van der Waals surface area contributed by atoms with Crippen molar-refractivity contribution in [3.63, 3.8) is 0 Å². The molecule has 1 aromatic carbocycles. The van der Waals surface area contributed by atoms with Crippen molar-refractivity contribution in [2.45, 2.75) is 38.2 Å². The molecular formula is C24H30N2O3. The molecule has 3 aliphatic heterocycles. The Morgan fingerprint density at radius 3 is 2.59 bits per heavy atom. The Labute approximate surface area is 173 Å². The first-order valence-corrected chi connectivity index (χ1v) is 11.0. The number of allylic oxidation sites excluding steroid dienone is 3. The van der Waals surface area contributed by atoms with Gasteiger partial charge in [-0.15, -0.1) is 0 Å². The highest BCUT2D eigenvalue weighted by Crippen LogP contribution is 2.27. The van der Waals surface area contributed by atoms with Gasteiger partial charge in [-0.3, -0.25) is 4.79 Å². The number of ether oxygens (including phenoxy) is 2. The average Bonchev–Trinajstić information content (AvgIpc) is 3.08. The Bertz CT molecular complexity index is 825. The van der Waals surface area contributed by atoms with Crippen LogP contribution in [-0.2, 0) is 22.4 Å². The van der Waals surface area contributed by atoms with Crippen LogP contribution in [0.25, 0.3) is 0 Å². The topological polar surface area (TPSA) is 42.0 Å². The number of carbonyl (C=O) groups is 1. The fourth-order valence-electron chi connectivity index (χ4n) is 4.85. The summed E-state index contributed by atoms with van der Waals surface area (Å²) in [4.78, 5) is 17.2. The Morgan fingerprint density at radius 2 is 1.83 bits per heavy atom. The van der Waals surface area contributed by atoms with E-state index in [2.05, 4.69) is 41.3 Å². The molecule has 4 aliphatic rings. The Balaban J connectivity index is 1.18. The fraction of sp³-hybridized carbons (Fsp3) is 0.542. The first-order valence-electron chi connectivity index (χ1n) is 11.0. The van der Waals surface area contributed by atoms with Crippen LogP contribution in [0.1, 0.15) is 30.4 Å². The Hall–Kier alpha value is -2.27. The lowest BCUT2D eigenvalue weighted by Gasteiger charge is -2.26. The molecule has 2 saturated heterocycles. The zero-order chi connectivity index (χ0) is 19.6. The summed E-state index contributed by atoms with van der Waals surface area (Å²) in [5.41, 5.74) is 4.20. The van der Waals surface area contributed by atoms with Crippen LogP contribution in [0.15, 0.2) is 42.1 Å². The normalized spacial score (nSPS) is 24.6. The zero-order valence-electron chi connectivity index (χ0n) is 17.0. The summed E-state index contributed by atoms with van der Waals surface area (Å²) in [6.45, 7) is 5.08. The number of hydrogen-bond donors (Lipinski definition) is 0. The van der Waals surface area contributed by atoms with Crippen LogP contribution >= 0.6 is 0 Å². The summed E-state index contributed by atoms with van der Waals surface area (Å²) >= 11 is 0. The zero-order valence-corrected chi connectivity index (χ0v) is 17.0. The lowest BCUT2D eigenvalue weighted by Crippen LogP contribution is -2.38. The summed E-state index contributed by atoms with van der Waals surface area (Å²) in [5, 5.41) is 0. The lowest BCUT2D eigenvalue weighted by molar-refractivity contribution is -0.137. The van der Waals surface area contributed by atoms with Crippen LogP contribution in [0.2, 0.25) is 0 Å². The molecule has 1 aromatic rings. The van der Waals surface area contributed by atoms with Crippen molar-refractivity contribution in [2.75, 3.05) is 39.4 Å². The van der Waals surface area contributed by atoms with Crippen LogP contribution in [0, 0.1) is 5.92 Å². The summed E-state index contributed by atoms with van der Waals surface area (Å²) in [5.74, 6) is 1.38. The van der Waals surface area contributed by atoms with Crippen LogP contribution in [-0.4, -0.2) is 61.2 Å². The number of hydrogen-bond acceptors (Lipinski definition) is 4. The van der Waals surface area contributed by atoms with E-state index < -0.39 is 0 Å². The molecule has 29 heavy (non-hydrogen) atoms. The minimum atomic E-state index is 0.101. The van der Waals surface area contributed by atoms with Gasteiger partial charge in [0.25, 0.3) is 0 Å². The minimum Gasteiger partial charge on any atom is -0.489 e. The first kappa shape index (κ1) is 18.7. The van der Waals surface area contributed by atoms with Crippen molar-refractivity contribution in [3.8, 4) is 5.75 Å². The molecule has 154 valence electrons. The lowest BCUT2D eigenvalue weighted by atomic mass is 9.99. The van der Waals surface area contributed by atoms with Gasteiger partial charge in [-0.2, -0.15) is 0 Å². The molecule has 5 nitrogen and oxygen atoms in total. The Kier molecular flexibility index (Phi) is 5.32. The predicted molar refractivity (Wildman–Crippen MR) is 112 cm³/mol. The number of carbonyl (C=O) groups excluding carboxylic acids is 1. The molecule has 0 unspecified atom stereocenters. The van der Waals surface area contributed by atoms with Crippen molar-refractivity contribution < 1.29 is 14.3 Å². The third-order valence-corrected chi connectivity index (χ3v) is 6.71. The largest absolute Gasteiger partial charge is 0.489 e. The first-order chi connectivity index (χ1) is 14.3. The molecule has 0 radical (unpaired) electrons. The van der Waals surface area contributed by atoms with Crippen LogP contribution < -0.4 is 4.74 Å². The molecule has 1 amide bonds. The highest BCUT2D eigenvalue weighted by molar-refractivity contribution is 5.79. The summed E-state index contributed by atoms with van der Waals surface area (Å²) in [6.07, 6.45) is 11.4. The standard InChI is InChI=1S/C24H30N2O3/c27-24(19-9-14-28-15-10-19)26-13-8-23(17-26)29-22-5-4-18-6-11-25(21-2-1-3-21)12-7-20(18)16-22/h1-5,16,19,23H,6-15,17H2/t23-/m1/s1. The second-order valence-corrected chi connectivity index (χ2v) is 8.57. The highest BCUT2D eigenvalue weighted by atomic mass is 16.5. The van der Waals surface area contributed by atoms with E-state index in [0.717, 1.165) is 57.5 Å². The van der Waals surface area contributed by atoms with E-state index in [1.54, 1.807) is 0 Å². The van der Waals surface area contributed by atoms with Gasteiger partial charge in [0.05, 0.1) is 6.54 Å². The maximum Gasteiger partial charge on any atom is 0.225 e. The molecule has 3 heterocycles. The van der Waals surface area contributed by atoms with Gasteiger partial charge in [0.15, 0.2) is 0 Å². The average molecular weight is 395 g/mol. The molecule has 1 atom stereocenters. The second kappa shape index (κ2) is 8.23. The van der Waals surface area contributed by atoms with Crippen LogP contribution in [0.3, 0.4) is 0 Å². The van der Waals surface area contributed by atoms with Gasteiger partial charge < -0.3 is 19.3 Å². The molecular weight excluding hydrogens is 364 g/mol. The van der Waals surface area contributed by atoms with Crippen LogP contribution in [0.5, 0.6) is 5.75 Å². The van der Waals surface area contributed by atoms with Gasteiger partial charge in [-0.1, -0.05) is 12.1 Å². The molecule has 0 bridgehead atoms. The SMILES string of the molecule is O=C(C1CCOCC1)N1CC[C@@H](Oc2ccc3c(c2)CCN(C2=CC=C2)CC3)C1.